The largest absolute Gasteiger partial charge is 0.345 e. The van der Waals surface area contributed by atoms with Gasteiger partial charge in [0, 0.05) is 30.5 Å². The molecule has 6 heteroatoms. The zero-order valence-corrected chi connectivity index (χ0v) is 13.7. The van der Waals surface area contributed by atoms with Crippen LogP contribution in [0.4, 0.5) is 0 Å². The molecule has 1 aromatic carbocycles. The summed E-state index contributed by atoms with van der Waals surface area (Å²) in [6.45, 7) is 1.96. The Morgan fingerprint density at radius 1 is 1.08 bits per heavy atom. The van der Waals surface area contributed by atoms with Crippen molar-refractivity contribution >= 4 is 11.6 Å². The molecule has 0 spiro atoms. The number of hydrogen-bond acceptors (Lipinski definition) is 3. The number of carbonyl (C=O) groups excluding carboxylic acids is 1. The maximum absolute atomic E-state index is 12.5. The second-order valence-electron chi connectivity index (χ2n) is 5.82. The smallest absolute Gasteiger partial charge is 0.257 e. The number of nitrogens with zero attached hydrogens (tertiary/aromatic N) is 4. The van der Waals surface area contributed by atoms with E-state index in [-0.39, 0.29) is 11.9 Å². The van der Waals surface area contributed by atoms with E-state index in [1.54, 1.807) is 29.2 Å². The minimum absolute atomic E-state index is 0.120. The Morgan fingerprint density at radius 2 is 1.84 bits per heavy atom. The van der Waals surface area contributed by atoms with E-state index in [0.717, 1.165) is 11.3 Å². The maximum atomic E-state index is 12.5. The monoisotopic (exact) mass is 331 g/mol. The van der Waals surface area contributed by atoms with E-state index in [2.05, 4.69) is 15.4 Å². The number of amides is 1. The molecule has 4 rings (SSSR count). The molecule has 3 heterocycles. The van der Waals surface area contributed by atoms with Crippen molar-refractivity contribution < 1.29 is 4.79 Å². The molecule has 0 saturated heterocycles. The van der Waals surface area contributed by atoms with Crippen LogP contribution in [-0.2, 0) is 0 Å². The van der Waals surface area contributed by atoms with E-state index in [1.807, 2.05) is 60.3 Å². The predicted molar refractivity (Wildman–Crippen MR) is 94.6 cm³/mol. The van der Waals surface area contributed by atoms with E-state index in [0.29, 0.717) is 11.2 Å². The van der Waals surface area contributed by atoms with Gasteiger partial charge in [-0.3, -0.25) is 4.79 Å². The Kier molecular flexibility index (Phi) is 3.78. The Bertz CT molecular complexity index is 1000. The molecule has 1 unspecified atom stereocenters. The first-order valence-electron chi connectivity index (χ1n) is 8.05. The van der Waals surface area contributed by atoms with Gasteiger partial charge in [0.15, 0.2) is 5.65 Å². The number of carbonyl (C=O) groups is 1. The third kappa shape index (κ3) is 2.89. The summed E-state index contributed by atoms with van der Waals surface area (Å²) >= 11 is 0. The van der Waals surface area contributed by atoms with Crippen molar-refractivity contribution in [2.24, 2.45) is 0 Å². The Morgan fingerprint density at radius 3 is 2.60 bits per heavy atom. The summed E-state index contributed by atoms with van der Waals surface area (Å²) in [4.78, 5) is 16.8. The first-order chi connectivity index (χ1) is 12.2. The van der Waals surface area contributed by atoms with Crippen molar-refractivity contribution in [1.29, 1.82) is 0 Å². The topological polar surface area (TPSA) is 64.2 Å². The van der Waals surface area contributed by atoms with Gasteiger partial charge in [-0.2, -0.15) is 5.10 Å². The fourth-order valence-corrected chi connectivity index (χ4v) is 2.79. The van der Waals surface area contributed by atoms with Gasteiger partial charge >= 0.3 is 0 Å². The molecule has 3 aromatic heterocycles. The van der Waals surface area contributed by atoms with Gasteiger partial charge in [0.25, 0.3) is 5.91 Å². The van der Waals surface area contributed by atoms with Crippen LogP contribution in [0.2, 0.25) is 0 Å². The molecule has 4 aromatic rings. The fraction of sp³-hybridized carbons (Fsp3) is 0.105. The minimum atomic E-state index is -0.185. The number of fused-ring (bicyclic) bond motifs is 1. The highest BCUT2D eigenvalue weighted by Crippen LogP contribution is 2.17. The van der Waals surface area contributed by atoms with Crippen molar-refractivity contribution in [2.75, 3.05) is 0 Å². The molecule has 0 fully saturated rings. The first-order valence-corrected chi connectivity index (χ1v) is 8.05. The van der Waals surface area contributed by atoms with Gasteiger partial charge in [0.2, 0.25) is 0 Å². The van der Waals surface area contributed by atoms with Crippen molar-refractivity contribution in [2.45, 2.75) is 13.0 Å². The molecule has 0 aliphatic carbocycles. The molecule has 0 aliphatic rings. The van der Waals surface area contributed by atoms with E-state index in [4.69, 9.17) is 0 Å². The Balaban J connectivity index is 1.51. The van der Waals surface area contributed by atoms with E-state index in [9.17, 15) is 4.79 Å². The van der Waals surface area contributed by atoms with E-state index in [1.165, 1.54) is 0 Å². The zero-order chi connectivity index (χ0) is 17.2. The lowest BCUT2D eigenvalue weighted by molar-refractivity contribution is 0.0941. The summed E-state index contributed by atoms with van der Waals surface area (Å²) in [5.41, 5.74) is 3.14. The van der Waals surface area contributed by atoms with Crippen LogP contribution in [0.25, 0.3) is 11.3 Å². The Labute approximate surface area is 144 Å². The normalized spacial score (nSPS) is 12.2. The molecule has 124 valence electrons. The molecule has 1 amide bonds. The summed E-state index contributed by atoms with van der Waals surface area (Å²) in [5.74, 6) is -0.185. The number of benzene rings is 1. The molecule has 0 bridgehead atoms. The standard InChI is InChI=1S/C19H17N5O/c1-14(15-5-7-16(8-6-15)23-10-2-3-11-23)22-19(25)17-13-21-24-12-4-9-20-18(17)24/h2-14H,1H3,(H,22,25). The van der Waals surface area contributed by atoms with Gasteiger partial charge in [0.05, 0.1) is 12.2 Å². The van der Waals surface area contributed by atoms with Crippen LogP contribution in [0, 0.1) is 0 Å². The van der Waals surface area contributed by atoms with Gasteiger partial charge < -0.3 is 9.88 Å². The highest BCUT2D eigenvalue weighted by Gasteiger charge is 2.16. The lowest BCUT2D eigenvalue weighted by Gasteiger charge is -2.14. The van der Waals surface area contributed by atoms with Crippen molar-refractivity contribution in [1.82, 2.24) is 24.5 Å². The minimum Gasteiger partial charge on any atom is -0.345 e. The van der Waals surface area contributed by atoms with Gasteiger partial charge in [0.1, 0.15) is 5.56 Å². The van der Waals surface area contributed by atoms with Crippen molar-refractivity contribution in [3.63, 3.8) is 0 Å². The summed E-state index contributed by atoms with van der Waals surface area (Å²) in [5, 5.41) is 7.16. The molecule has 1 atom stereocenters. The molecular weight excluding hydrogens is 314 g/mol. The number of aromatic nitrogens is 4. The lowest BCUT2D eigenvalue weighted by Crippen LogP contribution is -2.26. The number of rotatable bonds is 4. The third-order valence-electron chi connectivity index (χ3n) is 4.17. The second-order valence-corrected chi connectivity index (χ2v) is 5.82. The predicted octanol–water partition coefficient (Wildman–Crippen LogP) is 3.01. The van der Waals surface area contributed by atoms with Gasteiger partial charge in [-0.25, -0.2) is 9.50 Å². The molecule has 0 aliphatic heterocycles. The van der Waals surface area contributed by atoms with Gasteiger partial charge in [-0.15, -0.1) is 0 Å². The summed E-state index contributed by atoms with van der Waals surface area (Å²) in [6.07, 6.45) is 8.95. The van der Waals surface area contributed by atoms with Gasteiger partial charge in [-0.05, 0) is 42.8 Å². The van der Waals surface area contributed by atoms with E-state index < -0.39 is 0 Å². The summed E-state index contributed by atoms with van der Waals surface area (Å²) in [6, 6.07) is 13.7. The first kappa shape index (κ1) is 15.1. The van der Waals surface area contributed by atoms with Crippen LogP contribution < -0.4 is 5.32 Å². The SMILES string of the molecule is CC(NC(=O)c1cnn2cccnc12)c1ccc(-n2cccc2)cc1. The van der Waals surface area contributed by atoms with Crippen molar-refractivity contribution in [3.8, 4) is 5.69 Å². The lowest BCUT2D eigenvalue weighted by atomic mass is 10.1. The molecule has 25 heavy (non-hydrogen) atoms. The highest BCUT2D eigenvalue weighted by atomic mass is 16.1. The van der Waals surface area contributed by atoms with Crippen LogP contribution in [0.15, 0.2) is 73.4 Å². The molecule has 1 N–H and O–H groups in total. The number of hydrogen-bond donors (Lipinski definition) is 1. The second kappa shape index (κ2) is 6.24. The van der Waals surface area contributed by atoms with Crippen LogP contribution in [0.5, 0.6) is 0 Å². The van der Waals surface area contributed by atoms with Gasteiger partial charge in [-0.1, -0.05) is 12.1 Å². The molecular formula is C19H17N5O. The van der Waals surface area contributed by atoms with Crippen LogP contribution >= 0.6 is 0 Å². The summed E-state index contributed by atoms with van der Waals surface area (Å²) < 4.78 is 3.63. The Hall–Kier alpha value is -3.41. The quantitative estimate of drug-likeness (QED) is 0.625. The fourth-order valence-electron chi connectivity index (χ4n) is 2.79. The number of nitrogens with one attached hydrogen (secondary N) is 1. The average Bonchev–Trinajstić information content (AvgIpc) is 3.31. The molecule has 0 radical (unpaired) electrons. The maximum Gasteiger partial charge on any atom is 0.257 e. The molecule has 6 nitrogen and oxygen atoms in total. The average molecular weight is 331 g/mol. The van der Waals surface area contributed by atoms with Crippen molar-refractivity contribution in [3.05, 3.63) is 84.6 Å². The molecule has 0 saturated carbocycles. The highest BCUT2D eigenvalue weighted by molar-refractivity contribution is 5.99. The summed E-state index contributed by atoms with van der Waals surface area (Å²) in [7, 11) is 0. The van der Waals surface area contributed by atoms with Crippen LogP contribution in [0.1, 0.15) is 28.9 Å². The third-order valence-corrected chi connectivity index (χ3v) is 4.17. The zero-order valence-electron chi connectivity index (χ0n) is 13.7. The van der Waals surface area contributed by atoms with E-state index >= 15 is 0 Å². The van der Waals surface area contributed by atoms with Crippen LogP contribution in [0.3, 0.4) is 0 Å². The van der Waals surface area contributed by atoms with Crippen LogP contribution in [-0.4, -0.2) is 25.1 Å².